The SMILES string of the molecule is OC[C@H]1O[C@@H](O[C@@H]2O[C@@H]3COC(c4ccccc4)O[C@H]3[C@H](O)[C@H]2O)[C@H](O)[C@@H](O)[C@@H]1O. The van der Waals surface area contributed by atoms with Gasteiger partial charge in [-0.2, -0.15) is 0 Å². The predicted octanol–water partition coefficient (Wildman–Crippen LogP) is -2.64. The van der Waals surface area contributed by atoms with E-state index < -0.39 is 74.3 Å². The fraction of sp³-hybridized carbons (Fsp3) is 0.684. The van der Waals surface area contributed by atoms with Gasteiger partial charge in [-0.1, -0.05) is 30.3 Å². The lowest BCUT2D eigenvalue weighted by Gasteiger charge is -2.48. The molecule has 168 valence electrons. The molecule has 0 aliphatic carbocycles. The van der Waals surface area contributed by atoms with Gasteiger partial charge in [-0.15, -0.1) is 0 Å². The molecular formula is C19H26O11. The minimum Gasteiger partial charge on any atom is -0.394 e. The average molecular weight is 430 g/mol. The summed E-state index contributed by atoms with van der Waals surface area (Å²) in [6, 6.07) is 9.10. The van der Waals surface area contributed by atoms with Crippen LogP contribution in [0.3, 0.4) is 0 Å². The Balaban J connectivity index is 1.42. The molecule has 0 saturated carbocycles. The molecule has 3 saturated heterocycles. The molecule has 1 unspecified atom stereocenters. The summed E-state index contributed by atoms with van der Waals surface area (Å²) in [6.07, 6.45) is -14.4. The van der Waals surface area contributed by atoms with Crippen molar-refractivity contribution in [1.82, 2.24) is 0 Å². The Morgan fingerprint density at radius 3 is 2.17 bits per heavy atom. The van der Waals surface area contributed by atoms with Gasteiger partial charge in [0.2, 0.25) is 0 Å². The average Bonchev–Trinajstić information content (AvgIpc) is 2.78. The van der Waals surface area contributed by atoms with Crippen molar-refractivity contribution in [2.75, 3.05) is 13.2 Å². The van der Waals surface area contributed by atoms with Gasteiger partial charge in [0, 0.05) is 5.56 Å². The molecule has 3 fully saturated rings. The minimum atomic E-state index is -1.67. The number of hydrogen-bond acceptors (Lipinski definition) is 11. The van der Waals surface area contributed by atoms with Crippen LogP contribution in [0, 0.1) is 0 Å². The molecule has 3 aliphatic heterocycles. The standard InChI is InChI=1S/C19H26O11/c20-6-9-11(21)12(22)14(24)18(27-9)30-19-15(25)13(23)16-10(28-19)7-26-17(29-16)8-4-2-1-3-5-8/h1-5,9-25H,6-7H2/t9-,10-,11-,12+,13-,14-,15-,16-,17?,18+,19+/m1/s1. The summed E-state index contributed by atoms with van der Waals surface area (Å²) in [5, 5.41) is 60.1. The van der Waals surface area contributed by atoms with Crippen molar-refractivity contribution in [2.45, 2.75) is 67.7 Å². The second-order valence-corrected chi connectivity index (χ2v) is 7.53. The molecule has 0 spiro atoms. The lowest BCUT2D eigenvalue weighted by Crippen LogP contribution is -2.65. The molecule has 4 rings (SSSR count). The van der Waals surface area contributed by atoms with Crippen LogP contribution in [0.4, 0.5) is 0 Å². The number of benzene rings is 1. The summed E-state index contributed by atoms with van der Waals surface area (Å²) in [7, 11) is 0. The van der Waals surface area contributed by atoms with Crippen LogP contribution in [0.15, 0.2) is 30.3 Å². The highest BCUT2D eigenvalue weighted by Crippen LogP contribution is 2.35. The first-order chi connectivity index (χ1) is 14.4. The highest BCUT2D eigenvalue weighted by Gasteiger charge is 2.52. The Bertz CT molecular complexity index is 686. The quantitative estimate of drug-likeness (QED) is 0.295. The third-order valence-corrected chi connectivity index (χ3v) is 5.52. The maximum atomic E-state index is 10.6. The zero-order valence-electron chi connectivity index (χ0n) is 15.9. The van der Waals surface area contributed by atoms with Crippen LogP contribution in [-0.2, 0) is 23.7 Å². The number of ether oxygens (including phenoxy) is 5. The van der Waals surface area contributed by atoms with Crippen molar-refractivity contribution in [3.8, 4) is 0 Å². The second kappa shape index (κ2) is 9.10. The Kier molecular flexibility index (Phi) is 6.67. The van der Waals surface area contributed by atoms with E-state index in [1.807, 2.05) is 30.3 Å². The van der Waals surface area contributed by atoms with Gasteiger partial charge in [0.1, 0.15) is 48.8 Å². The van der Waals surface area contributed by atoms with Crippen molar-refractivity contribution in [3.05, 3.63) is 35.9 Å². The van der Waals surface area contributed by atoms with Gasteiger partial charge in [-0.3, -0.25) is 0 Å². The smallest absolute Gasteiger partial charge is 0.189 e. The predicted molar refractivity (Wildman–Crippen MR) is 95.5 cm³/mol. The minimum absolute atomic E-state index is 0.0442. The first-order valence-electron chi connectivity index (χ1n) is 9.70. The number of aliphatic hydroxyl groups is 6. The molecule has 11 atom stereocenters. The second-order valence-electron chi connectivity index (χ2n) is 7.53. The fourth-order valence-corrected chi connectivity index (χ4v) is 3.78. The van der Waals surface area contributed by atoms with Crippen LogP contribution < -0.4 is 0 Å². The van der Waals surface area contributed by atoms with Crippen LogP contribution in [0.1, 0.15) is 11.9 Å². The van der Waals surface area contributed by atoms with Crippen molar-refractivity contribution >= 4 is 0 Å². The van der Waals surface area contributed by atoms with Crippen LogP contribution in [0.25, 0.3) is 0 Å². The van der Waals surface area contributed by atoms with E-state index in [4.69, 9.17) is 23.7 Å². The first-order valence-corrected chi connectivity index (χ1v) is 9.70. The molecule has 1 aromatic carbocycles. The topological polar surface area (TPSA) is 168 Å². The van der Waals surface area contributed by atoms with Crippen molar-refractivity contribution in [2.24, 2.45) is 0 Å². The van der Waals surface area contributed by atoms with Crippen LogP contribution in [0.2, 0.25) is 0 Å². The third-order valence-electron chi connectivity index (χ3n) is 5.52. The molecular weight excluding hydrogens is 404 g/mol. The summed E-state index contributed by atoms with van der Waals surface area (Å²) >= 11 is 0. The van der Waals surface area contributed by atoms with E-state index >= 15 is 0 Å². The molecule has 1 aromatic rings. The monoisotopic (exact) mass is 430 g/mol. The van der Waals surface area contributed by atoms with Gasteiger partial charge < -0.3 is 54.3 Å². The van der Waals surface area contributed by atoms with Crippen molar-refractivity contribution in [1.29, 1.82) is 0 Å². The van der Waals surface area contributed by atoms with Gasteiger partial charge >= 0.3 is 0 Å². The highest BCUT2D eigenvalue weighted by atomic mass is 16.8. The van der Waals surface area contributed by atoms with Crippen LogP contribution in [-0.4, -0.2) is 105 Å². The molecule has 0 amide bonds. The number of rotatable bonds is 4. The van der Waals surface area contributed by atoms with Gasteiger partial charge in [0.15, 0.2) is 18.9 Å². The normalized spacial score (nSPS) is 46.9. The lowest BCUT2D eigenvalue weighted by molar-refractivity contribution is -0.399. The van der Waals surface area contributed by atoms with Gasteiger partial charge in [-0.05, 0) is 0 Å². The third kappa shape index (κ3) is 4.11. The fourth-order valence-electron chi connectivity index (χ4n) is 3.78. The van der Waals surface area contributed by atoms with Gasteiger partial charge in [0.25, 0.3) is 0 Å². The number of aliphatic hydroxyl groups excluding tert-OH is 6. The van der Waals surface area contributed by atoms with E-state index in [9.17, 15) is 30.6 Å². The Hall–Kier alpha value is -1.22. The van der Waals surface area contributed by atoms with Crippen LogP contribution >= 0.6 is 0 Å². The lowest BCUT2D eigenvalue weighted by atomic mass is 9.97. The molecule has 11 heteroatoms. The van der Waals surface area contributed by atoms with E-state index in [1.165, 1.54) is 0 Å². The maximum absolute atomic E-state index is 10.6. The molecule has 11 nitrogen and oxygen atoms in total. The summed E-state index contributed by atoms with van der Waals surface area (Å²) in [5.74, 6) is 0. The van der Waals surface area contributed by atoms with E-state index in [2.05, 4.69) is 0 Å². The summed E-state index contributed by atoms with van der Waals surface area (Å²) in [5.41, 5.74) is 0.748. The van der Waals surface area contributed by atoms with E-state index in [0.29, 0.717) is 0 Å². The Morgan fingerprint density at radius 1 is 0.800 bits per heavy atom. The maximum Gasteiger partial charge on any atom is 0.189 e. The Labute approximate surface area is 171 Å². The zero-order chi connectivity index (χ0) is 21.4. The van der Waals surface area contributed by atoms with Crippen molar-refractivity contribution < 1.29 is 54.3 Å². The summed E-state index contributed by atoms with van der Waals surface area (Å²) in [4.78, 5) is 0. The molecule has 6 N–H and O–H groups in total. The largest absolute Gasteiger partial charge is 0.394 e. The number of fused-ring (bicyclic) bond motifs is 1. The molecule has 0 aromatic heterocycles. The summed E-state index contributed by atoms with van der Waals surface area (Å²) in [6.45, 7) is -0.586. The van der Waals surface area contributed by atoms with Gasteiger partial charge in [-0.25, -0.2) is 0 Å². The molecule has 30 heavy (non-hydrogen) atoms. The summed E-state index contributed by atoms with van der Waals surface area (Å²) < 4.78 is 27.8. The molecule has 3 heterocycles. The molecule has 0 radical (unpaired) electrons. The van der Waals surface area contributed by atoms with E-state index in [-0.39, 0.29) is 6.61 Å². The number of hydrogen-bond donors (Lipinski definition) is 6. The van der Waals surface area contributed by atoms with E-state index in [1.54, 1.807) is 0 Å². The van der Waals surface area contributed by atoms with Crippen LogP contribution in [0.5, 0.6) is 0 Å². The Morgan fingerprint density at radius 2 is 1.47 bits per heavy atom. The highest BCUT2D eigenvalue weighted by molar-refractivity contribution is 5.16. The molecule has 0 bridgehead atoms. The zero-order valence-corrected chi connectivity index (χ0v) is 15.9. The molecule has 3 aliphatic rings. The van der Waals surface area contributed by atoms with Crippen molar-refractivity contribution in [3.63, 3.8) is 0 Å². The van der Waals surface area contributed by atoms with E-state index in [0.717, 1.165) is 5.56 Å². The van der Waals surface area contributed by atoms with Gasteiger partial charge in [0.05, 0.1) is 13.2 Å². The first kappa shape index (κ1) is 22.0.